The van der Waals surface area contributed by atoms with Crippen molar-refractivity contribution >= 4 is 34.7 Å². The van der Waals surface area contributed by atoms with Crippen molar-refractivity contribution in [2.75, 3.05) is 33.1 Å². The lowest BCUT2D eigenvalue weighted by Gasteiger charge is -2.52. The fourth-order valence-corrected chi connectivity index (χ4v) is 6.23. The van der Waals surface area contributed by atoms with E-state index >= 15 is 0 Å². The van der Waals surface area contributed by atoms with Crippen LogP contribution in [-0.4, -0.2) is 89.1 Å². The number of hydrogen-bond acceptors (Lipinski definition) is 10. The average Bonchev–Trinajstić information content (AvgIpc) is 2.75. The molecule has 1 aromatic carbocycles. The summed E-state index contributed by atoms with van der Waals surface area (Å²) in [6, 6.07) is 0.423. The van der Waals surface area contributed by atoms with Crippen molar-refractivity contribution in [3.8, 4) is 5.75 Å². The van der Waals surface area contributed by atoms with Crippen molar-refractivity contribution in [3.63, 3.8) is 0 Å². The minimum absolute atomic E-state index is 0.0146. The number of primary amides is 1. The summed E-state index contributed by atoms with van der Waals surface area (Å²) in [6.07, 6.45) is 0.151. The molecule has 6 atom stereocenters. The van der Waals surface area contributed by atoms with Gasteiger partial charge in [0.25, 0.3) is 0 Å². The molecule has 188 valence electrons. The van der Waals surface area contributed by atoms with E-state index in [9.17, 15) is 39.3 Å². The zero-order chi connectivity index (χ0) is 26.1. The first-order chi connectivity index (χ1) is 16.3. The molecule has 3 aliphatic rings. The van der Waals surface area contributed by atoms with Gasteiger partial charge >= 0.3 is 0 Å². The van der Waals surface area contributed by atoms with Crippen molar-refractivity contribution in [1.29, 1.82) is 0 Å². The van der Waals surface area contributed by atoms with Gasteiger partial charge in [0.2, 0.25) is 5.91 Å². The number of fused-ring (bicyclic) bond motifs is 3. The highest BCUT2D eigenvalue weighted by Crippen LogP contribution is 2.52. The highest BCUT2D eigenvalue weighted by molar-refractivity contribution is 6.32. The van der Waals surface area contributed by atoms with E-state index in [1.54, 1.807) is 25.1 Å². The minimum Gasteiger partial charge on any atom is -0.507 e. The van der Waals surface area contributed by atoms with Crippen LogP contribution in [0.4, 0.5) is 5.69 Å². The number of hydrogen-bond donors (Lipinski definition) is 4. The molecule has 11 nitrogen and oxygen atoms in total. The Labute approximate surface area is 201 Å². The van der Waals surface area contributed by atoms with Crippen molar-refractivity contribution in [2.45, 2.75) is 31.1 Å². The van der Waals surface area contributed by atoms with E-state index in [1.807, 2.05) is 0 Å². The largest absolute Gasteiger partial charge is 0.507 e. The first-order valence-electron chi connectivity index (χ1n) is 11.3. The third kappa shape index (κ3) is 3.25. The Hall–Kier alpha value is -3.15. The van der Waals surface area contributed by atoms with E-state index in [-0.39, 0.29) is 24.0 Å². The highest BCUT2D eigenvalue weighted by Gasteiger charge is 2.69. The number of rotatable bonds is 4. The number of benzene rings is 1. The van der Waals surface area contributed by atoms with Crippen LogP contribution in [0.5, 0.6) is 5.75 Å². The molecule has 0 radical (unpaired) electrons. The van der Waals surface area contributed by atoms with Gasteiger partial charge in [-0.05, 0) is 44.5 Å². The van der Waals surface area contributed by atoms with Gasteiger partial charge in [-0.2, -0.15) is 0 Å². The number of aliphatic hydroxyl groups is 2. The van der Waals surface area contributed by atoms with Crippen LogP contribution in [0.2, 0.25) is 0 Å². The summed E-state index contributed by atoms with van der Waals surface area (Å²) in [5.41, 5.74) is 3.58. The van der Waals surface area contributed by atoms with Gasteiger partial charge in [-0.3, -0.25) is 28.9 Å². The molecular formula is C24H29N3O8. The predicted molar refractivity (Wildman–Crippen MR) is 122 cm³/mol. The van der Waals surface area contributed by atoms with E-state index in [0.29, 0.717) is 11.3 Å². The molecule has 1 amide bonds. The van der Waals surface area contributed by atoms with Crippen LogP contribution in [0.3, 0.4) is 0 Å². The molecule has 4 rings (SSSR count). The Morgan fingerprint density at radius 1 is 1.14 bits per heavy atom. The summed E-state index contributed by atoms with van der Waals surface area (Å²) < 4.78 is 0. The maximum Gasteiger partial charge on any atom is 0.235 e. The number of ketones is 4. The van der Waals surface area contributed by atoms with Gasteiger partial charge in [0.1, 0.15) is 5.75 Å². The molecule has 0 bridgehead atoms. The smallest absolute Gasteiger partial charge is 0.235 e. The van der Waals surface area contributed by atoms with E-state index in [0.717, 1.165) is 0 Å². The number of aromatic hydroxyl groups is 1. The molecule has 0 heterocycles. The number of amides is 1. The molecule has 3 aliphatic carbocycles. The zero-order valence-electron chi connectivity index (χ0n) is 19.9. The molecule has 0 aromatic heterocycles. The number of phenols is 1. The Balaban J connectivity index is 1.91. The number of anilines is 1. The Bertz CT molecular complexity index is 1180. The van der Waals surface area contributed by atoms with Gasteiger partial charge in [-0.25, -0.2) is 0 Å². The normalized spacial score (nSPS) is 32.3. The van der Waals surface area contributed by atoms with Crippen molar-refractivity contribution in [2.24, 2.45) is 29.4 Å². The maximum atomic E-state index is 13.8. The summed E-state index contributed by atoms with van der Waals surface area (Å²) in [5.74, 6) is -11.0. The second-order valence-corrected chi connectivity index (χ2v) is 10.1. The Morgan fingerprint density at radius 3 is 2.29 bits per heavy atom. The second kappa shape index (κ2) is 8.21. The maximum absolute atomic E-state index is 13.8. The number of carbonyl (C=O) groups excluding carboxylic acids is 5. The number of likely N-dealkylation sites (N-methyl/N-ethyl adjacent to an activating group) is 1. The fraction of sp³-hybridized carbons (Fsp3) is 0.542. The number of nitrogens with two attached hydrogens (primary N) is 1. The summed E-state index contributed by atoms with van der Waals surface area (Å²) in [7, 11) is 6.54. The standard InChI is InChI=1S/C24H29N3O8/c1-26(2)13-7-10(8-28)18(29)15-11(13)5-9-6-12-17(27(3)4)20(31)16(23(25)34)22(33)24(12,35)21(32)14(9)19(15)30/h7,9,12,14,16-17,28-29,35H,5-6,8H2,1-4H3,(H2,25,34). The van der Waals surface area contributed by atoms with Crippen LogP contribution in [0, 0.1) is 23.7 Å². The molecule has 0 aliphatic heterocycles. The third-order valence-electron chi connectivity index (χ3n) is 7.77. The van der Waals surface area contributed by atoms with Crippen LogP contribution in [0.25, 0.3) is 0 Å². The predicted octanol–water partition coefficient (Wildman–Crippen LogP) is -1.57. The Kier molecular flexibility index (Phi) is 5.86. The summed E-state index contributed by atoms with van der Waals surface area (Å²) >= 11 is 0. The Morgan fingerprint density at radius 2 is 1.77 bits per heavy atom. The molecule has 6 unspecified atom stereocenters. The number of aliphatic hydroxyl groups excluding tert-OH is 1. The monoisotopic (exact) mass is 487 g/mol. The average molecular weight is 488 g/mol. The van der Waals surface area contributed by atoms with Gasteiger partial charge in [0.05, 0.1) is 24.1 Å². The van der Waals surface area contributed by atoms with Crippen molar-refractivity contribution in [3.05, 3.63) is 22.8 Å². The summed E-state index contributed by atoms with van der Waals surface area (Å²) in [5, 5.41) is 32.0. The summed E-state index contributed by atoms with van der Waals surface area (Å²) in [4.78, 5) is 68.9. The van der Waals surface area contributed by atoms with Gasteiger partial charge in [-0.15, -0.1) is 0 Å². The number of carbonyl (C=O) groups is 5. The molecule has 2 fully saturated rings. The summed E-state index contributed by atoms with van der Waals surface area (Å²) in [6.45, 7) is -0.549. The molecule has 0 saturated heterocycles. The fourth-order valence-electron chi connectivity index (χ4n) is 6.23. The lowest BCUT2D eigenvalue weighted by atomic mass is 9.52. The number of nitrogens with zero attached hydrogens (tertiary/aromatic N) is 2. The minimum atomic E-state index is -2.76. The molecule has 1 aromatic rings. The molecule has 0 spiro atoms. The third-order valence-corrected chi connectivity index (χ3v) is 7.77. The molecule has 35 heavy (non-hydrogen) atoms. The van der Waals surface area contributed by atoms with Crippen LogP contribution in [-0.2, 0) is 32.2 Å². The SMILES string of the molecule is CN(C)c1cc(CO)c(O)c2c1CC1CC3C(N(C)C)C(=O)C(C(N)=O)C(=O)C3(O)C(=O)C1C2=O. The molecule has 11 heteroatoms. The van der Waals surface area contributed by atoms with E-state index in [4.69, 9.17) is 5.73 Å². The number of Topliss-reactive ketones (excluding diaryl/α,β-unsaturated/α-hetero) is 4. The van der Waals surface area contributed by atoms with E-state index in [1.165, 1.54) is 19.0 Å². The van der Waals surface area contributed by atoms with Gasteiger partial charge in [0.15, 0.2) is 34.7 Å². The van der Waals surface area contributed by atoms with E-state index in [2.05, 4.69) is 0 Å². The highest BCUT2D eigenvalue weighted by atomic mass is 16.3. The van der Waals surface area contributed by atoms with E-state index < -0.39 is 76.7 Å². The van der Waals surface area contributed by atoms with Crippen LogP contribution in [0.1, 0.15) is 27.9 Å². The van der Waals surface area contributed by atoms with Crippen LogP contribution in [0.15, 0.2) is 6.07 Å². The molecule has 2 saturated carbocycles. The first kappa shape index (κ1) is 25.0. The van der Waals surface area contributed by atoms with Crippen molar-refractivity contribution < 1.29 is 39.3 Å². The van der Waals surface area contributed by atoms with Crippen LogP contribution < -0.4 is 10.6 Å². The quantitative estimate of drug-likeness (QED) is 0.362. The van der Waals surface area contributed by atoms with Gasteiger partial charge < -0.3 is 26.0 Å². The topological polar surface area (TPSA) is 179 Å². The molecule has 5 N–H and O–H groups in total. The first-order valence-corrected chi connectivity index (χ1v) is 11.3. The molecular weight excluding hydrogens is 458 g/mol. The van der Waals surface area contributed by atoms with Gasteiger partial charge in [0, 0.05) is 31.3 Å². The van der Waals surface area contributed by atoms with Gasteiger partial charge in [-0.1, -0.05) is 0 Å². The second-order valence-electron chi connectivity index (χ2n) is 10.1. The lowest BCUT2D eigenvalue weighted by molar-refractivity contribution is -0.181. The lowest BCUT2D eigenvalue weighted by Crippen LogP contribution is -2.74. The zero-order valence-corrected chi connectivity index (χ0v) is 19.9. The van der Waals surface area contributed by atoms with Crippen LogP contribution >= 0.6 is 0 Å². The van der Waals surface area contributed by atoms with Crippen molar-refractivity contribution in [1.82, 2.24) is 4.90 Å².